The lowest BCUT2D eigenvalue weighted by atomic mass is 9.98. The zero-order chi connectivity index (χ0) is 13.4. The van der Waals surface area contributed by atoms with Crippen LogP contribution in [0.3, 0.4) is 0 Å². The van der Waals surface area contributed by atoms with Crippen molar-refractivity contribution in [3.8, 4) is 5.75 Å². The third-order valence-corrected chi connectivity index (χ3v) is 3.17. The highest BCUT2D eigenvalue weighted by molar-refractivity contribution is 6.07. The number of hydrogen-bond acceptors (Lipinski definition) is 4. The number of amides is 2. The summed E-state index contributed by atoms with van der Waals surface area (Å²) in [7, 11) is 0. The van der Waals surface area contributed by atoms with E-state index in [1.165, 1.54) is 0 Å². The van der Waals surface area contributed by atoms with E-state index in [4.69, 9.17) is 4.74 Å². The maximum absolute atomic E-state index is 11.3. The Balaban J connectivity index is 2.00. The van der Waals surface area contributed by atoms with Crippen LogP contribution in [0.4, 0.5) is 5.69 Å². The van der Waals surface area contributed by atoms with E-state index in [1.54, 1.807) is 0 Å². The Labute approximate surface area is 109 Å². The number of ether oxygens (including phenoxy) is 1. The largest absolute Gasteiger partial charge is 0.482 e. The molecule has 0 saturated heterocycles. The number of carbonyl (C=O) groups excluding carboxylic acids is 2. The Morgan fingerprint density at radius 3 is 2.79 bits per heavy atom. The van der Waals surface area contributed by atoms with Crippen LogP contribution in [0, 0.1) is 6.92 Å². The normalized spacial score (nSPS) is 17.8. The Bertz CT molecular complexity index is 607. The molecule has 0 fully saturated rings. The van der Waals surface area contributed by atoms with Gasteiger partial charge in [-0.3, -0.25) is 9.59 Å². The van der Waals surface area contributed by atoms with Crippen molar-refractivity contribution in [2.75, 3.05) is 11.9 Å². The van der Waals surface area contributed by atoms with Crippen molar-refractivity contribution < 1.29 is 14.3 Å². The highest BCUT2D eigenvalue weighted by Gasteiger charge is 2.21. The summed E-state index contributed by atoms with van der Waals surface area (Å²) in [6, 6.07) is 3.72. The lowest BCUT2D eigenvalue weighted by Gasteiger charge is -2.21. The predicted molar refractivity (Wildman–Crippen MR) is 69.2 cm³/mol. The Kier molecular flexibility index (Phi) is 2.70. The van der Waals surface area contributed by atoms with Crippen molar-refractivity contribution >= 4 is 23.2 Å². The third-order valence-electron chi connectivity index (χ3n) is 3.17. The van der Waals surface area contributed by atoms with E-state index in [1.807, 2.05) is 19.1 Å². The molecule has 0 spiro atoms. The first-order valence-corrected chi connectivity index (χ1v) is 6.06. The van der Waals surface area contributed by atoms with Gasteiger partial charge in [0.15, 0.2) is 6.61 Å². The van der Waals surface area contributed by atoms with Crippen molar-refractivity contribution in [3.63, 3.8) is 0 Å². The summed E-state index contributed by atoms with van der Waals surface area (Å²) < 4.78 is 5.35. The van der Waals surface area contributed by atoms with Crippen LogP contribution >= 0.6 is 0 Å². The zero-order valence-corrected chi connectivity index (χ0v) is 10.4. The fraction of sp³-hybridized carbons (Fsp3) is 0.308. The molecule has 0 unspecified atom stereocenters. The van der Waals surface area contributed by atoms with Crippen LogP contribution in [0.2, 0.25) is 0 Å². The van der Waals surface area contributed by atoms with Crippen molar-refractivity contribution in [2.24, 2.45) is 5.10 Å². The number of aryl methyl sites for hydroxylation is 1. The summed E-state index contributed by atoms with van der Waals surface area (Å²) in [6.07, 6.45) is 1.03. The van der Waals surface area contributed by atoms with Crippen LogP contribution in [-0.4, -0.2) is 24.1 Å². The standard InChI is InChI=1S/C13H13N3O3/c1-7-4-11-10(14-13(18)6-19-11)5-8(7)9-2-3-12(17)16-15-9/h4-5H,2-3,6H2,1H3,(H,14,18)(H,16,17). The van der Waals surface area contributed by atoms with Crippen LogP contribution < -0.4 is 15.5 Å². The SMILES string of the molecule is Cc1cc2c(cc1C1=NNC(=O)CC1)NC(=O)CO2. The molecule has 6 heteroatoms. The van der Waals surface area contributed by atoms with Crippen LogP contribution in [0.25, 0.3) is 0 Å². The van der Waals surface area contributed by atoms with Gasteiger partial charge >= 0.3 is 0 Å². The zero-order valence-electron chi connectivity index (χ0n) is 10.4. The highest BCUT2D eigenvalue weighted by Crippen LogP contribution is 2.31. The van der Waals surface area contributed by atoms with Crippen LogP contribution in [-0.2, 0) is 9.59 Å². The highest BCUT2D eigenvalue weighted by atomic mass is 16.5. The van der Waals surface area contributed by atoms with Gasteiger partial charge in [0, 0.05) is 18.4 Å². The summed E-state index contributed by atoms with van der Waals surface area (Å²) in [6.45, 7) is 2.00. The van der Waals surface area contributed by atoms with Gasteiger partial charge in [0.05, 0.1) is 11.4 Å². The average molecular weight is 259 g/mol. The molecule has 2 heterocycles. The number of rotatable bonds is 1. The van der Waals surface area contributed by atoms with Gasteiger partial charge in [0.2, 0.25) is 5.91 Å². The first-order valence-electron chi connectivity index (χ1n) is 6.06. The van der Waals surface area contributed by atoms with E-state index >= 15 is 0 Å². The van der Waals surface area contributed by atoms with Crippen molar-refractivity contribution in [1.29, 1.82) is 0 Å². The third kappa shape index (κ3) is 2.16. The van der Waals surface area contributed by atoms with Gasteiger partial charge < -0.3 is 10.1 Å². The lowest BCUT2D eigenvalue weighted by molar-refractivity contribution is -0.121. The number of anilines is 1. The first kappa shape index (κ1) is 11.7. The maximum atomic E-state index is 11.3. The molecular formula is C13H13N3O3. The number of benzene rings is 1. The first-order chi connectivity index (χ1) is 9.13. The molecule has 19 heavy (non-hydrogen) atoms. The molecule has 2 aliphatic rings. The minimum Gasteiger partial charge on any atom is -0.482 e. The van der Waals surface area contributed by atoms with E-state index in [2.05, 4.69) is 15.8 Å². The smallest absolute Gasteiger partial charge is 0.262 e. The molecule has 2 N–H and O–H groups in total. The fourth-order valence-electron chi connectivity index (χ4n) is 2.21. The van der Waals surface area contributed by atoms with Gasteiger partial charge in [-0.15, -0.1) is 0 Å². The molecule has 0 saturated carbocycles. The average Bonchev–Trinajstić information content (AvgIpc) is 2.40. The van der Waals surface area contributed by atoms with E-state index in [0.29, 0.717) is 24.3 Å². The van der Waals surface area contributed by atoms with E-state index in [9.17, 15) is 9.59 Å². The lowest BCUT2D eigenvalue weighted by Crippen LogP contribution is -2.28. The fourth-order valence-corrected chi connectivity index (χ4v) is 2.21. The molecule has 98 valence electrons. The number of nitrogens with one attached hydrogen (secondary N) is 2. The molecule has 2 amide bonds. The minimum absolute atomic E-state index is 0.0444. The van der Waals surface area contributed by atoms with Crippen molar-refractivity contribution in [2.45, 2.75) is 19.8 Å². The summed E-state index contributed by atoms with van der Waals surface area (Å²) >= 11 is 0. The van der Waals surface area contributed by atoms with Gasteiger partial charge in [-0.25, -0.2) is 5.43 Å². The number of carbonyl (C=O) groups is 2. The van der Waals surface area contributed by atoms with E-state index < -0.39 is 0 Å². The molecular weight excluding hydrogens is 246 g/mol. The van der Waals surface area contributed by atoms with Crippen LogP contribution in [0.5, 0.6) is 5.75 Å². The minimum atomic E-state index is -0.166. The Morgan fingerprint density at radius 2 is 2.05 bits per heavy atom. The molecule has 0 aromatic heterocycles. The molecule has 0 atom stereocenters. The maximum Gasteiger partial charge on any atom is 0.262 e. The second kappa shape index (κ2) is 4.38. The summed E-state index contributed by atoms with van der Waals surface area (Å²) in [4.78, 5) is 22.4. The molecule has 1 aromatic carbocycles. The summed E-state index contributed by atoms with van der Waals surface area (Å²) in [5.74, 6) is 0.429. The molecule has 0 aliphatic carbocycles. The van der Waals surface area contributed by atoms with Crippen molar-refractivity contribution in [3.05, 3.63) is 23.3 Å². The van der Waals surface area contributed by atoms with Gasteiger partial charge in [0.25, 0.3) is 5.91 Å². The number of nitrogens with zero attached hydrogens (tertiary/aromatic N) is 1. The van der Waals surface area contributed by atoms with Gasteiger partial charge in [-0.1, -0.05) is 0 Å². The van der Waals surface area contributed by atoms with Crippen LogP contribution in [0.1, 0.15) is 24.0 Å². The summed E-state index contributed by atoms with van der Waals surface area (Å²) in [5.41, 5.74) is 5.87. The second-order valence-electron chi connectivity index (χ2n) is 4.59. The molecule has 2 aliphatic heterocycles. The van der Waals surface area contributed by atoms with Crippen molar-refractivity contribution in [1.82, 2.24) is 5.43 Å². The van der Waals surface area contributed by atoms with Gasteiger partial charge in [-0.2, -0.15) is 5.10 Å². The second-order valence-corrected chi connectivity index (χ2v) is 4.59. The van der Waals surface area contributed by atoms with Gasteiger partial charge in [-0.05, 0) is 24.6 Å². The topological polar surface area (TPSA) is 79.8 Å². The quantitative estimate of drug-likeness (QED) is 0.787. The molecule has 1 aromatic rings. The van der Waals surface area contributed by atoms with Crippen LogP contribution in [0.15, 0.2) is 17.2 Å². The van der Waals surface area contributed by atoms with E-state index in [0.717, 1.165) is 16.8 Å². The molecule has 0 radical (unpaired) electrons. The van der Waals surface area contributed by atoms with Gasteiger partial charge in [0.1, 0.15) is 5.75 Å². The number of hydrazone groups is 1. The Morgan fingerprint density at radius 1 is 1.21 bits per heavy atom. The number of hydrogen-bond donors (Lipinski definition) is 2. The molecule has 3 rings (SSSR count). The molecule has 6 nitrogen and oxygen atoms in total. The Hall–Kier alpha value is -2.37. The summed E-state index contributed by atoms with van der Waals surface area (Å²) in [5, 5.41) is 6.84. The predicted octanol–water partition coefficient (Wildman–Crippen LogP) is 0.940. The number of fused-ring (bicyclic) bond motifs is 1. The monoisotopic (exact) mass is 259 g/mol. The molecule has 0 bridgehead atoms. The van der Waals surface area contributed by atoms with E-state index in [-0.39, 0.29) is 18.4 Å².